The molecule has 2 aliphatic rings. The van der Waals surface area contributed by atoms with Gasteiger partial charge in [0.05, 0.1) is 23.9 Å². The summed E-state index contributed by atoms with van der Waals surface area (Å²) in [6.45, 7) is 18.0. The van der Waals surface area contributed by atoms with Crippen LogP contribution in [0.3, 0.4) is 0 Å². The van der Waals surface area contributed by atoms with Gasteiger partial charge in [-0.15, -0.1) is 0 Å². The van der Waals surface area contributed by atoms with Gasteiger partial charge in [-0.05, 0) is 38.0 Å². The van der Waals surface area contributed by atoms with Crippen molar-refractivity contribution in [2.75, 3.05) is 0 Å². The highest BCUT2D eigenvalue weighted by Crippen LogP contribution is 2.44. The molecule has 0 aromatic carbocycles. The van der Waals surface area contributed by atoms with Crippen LogP contribution in [-0.4, -0.2) is 30.2 Å². The Kier molecular flexibility index (Phi) is 6.19. The number of hydrogen-bond acceptors (Lipinski definition) is 3. The summed E-state index contributed by atoms with van der Waals surface area (Å²) < 4.78 is 19.4. The Hall–Kier alpha value is -0.120. The van der Waals surface area contributed by atoms with Crippen LogP contribution in [0, 0.1) is 23.7 Å². The van der Waals surface area contributed by atoms with Gasteiger partial charge in [0, 0.05) is 11.8 Å². The van der Waals surface area contributed by atoms with Gasteiger partial charge in [0.15, 0.2) is 6.29 Å². The van der Waals surface area contributed by atoms with Crippen LogP contribution >= 0.6 is 0 Å². The Labute approximate surface area is 143 Å². The molecule has 0 saturated carbocycles. The summed E-state index contributed by atoms with van der Waals surface area (Å²) in [5.41, 5.74) is -0.197. The molecule has 2 heterocycles. The zero-order valence-electron chi connectivity index (χ0n) is 16.5. The topological polar surface area (TPSA) is 27.7 Å². The fourth-order valence-electron chi connectivity index (χ4n) is 4.53. The van der Waals surface area contributed by atoms with Gasteiger partial charge in [-0.1, -0.05) is 48.5 Å². The molecule has 3 nitrogen and oxygen atoms in total. The van der Waals surface area contributed by atoms with Crippen molar-refractivity contribution in [1.82, 2.24) is 0 Å². The molecule has 0 radical (unpaired) electrons. The Morgan fingerprint density at radius 2 is 1.43 bits per heavy atom. The van der Waals surface area contributed by atoms with Crippen LogP contribution in [0.1, 0.15) is 74.7 Å². The van der Waals surface area contributed by atoms with Gasteiger partial charge in [0.1, 0.15) is 0 Å². The number of ether oxygens (including phenoxy) is 3. The van der Waals surface area contributed by atoms with E-state index in [4.69, 9.17) is 14.2 Å². The molecule has 2 fully saturated rings. The van der Waals surface area contributed by atoms with E-state index in [1.165, 1.54) is 0 Å². The van der Waals surface area contributed by atoms with E-state index in [0.29, 0.717) is 35.9 Å². The fourth-order valence-corrected chi connectivity index (χ4v) is 4.53. The lowest BCUT2D eigenvalue weighted by Crippen LogP contribution is -2.50. The third-order valence-corrected chi connectivity index (χ3v) is 6.86. The molecular weight excluding hydrogens is 288 g/mol. The van der Waals surface area contributed by atoms with E-state index in [9.17, 15) is 0 Å². The highest BCUT2D eigenvalue weighted by atomic mass is 16.7. The van der Waals surface area contributed by atoms with E-state index >= 15 is 0 Å². The van der Waals surface area contributed by atoms with Gasteiger partial charge in [-0.25, -0.2) is 0 Å². The number of rotatable bonds is 5. The maximum Gasteiger partial charge on any atom is 0.161 e. The van der Waals surface area contributed by atoms with Gasteiger partial charge in [-0.2, -0.15) is 0 Å². The SMILES string of the molecule is CC[C@@H]1OC(C)(CC)[C@H](OC2O[C@H](CC)C(C)[C@H](C)C2C)C1C. The molecule has 0 bridgehead atoms. The Balaban J connectivity index is 2.15. The highest BCUT2D eigenvalue weighted by Gasteiger charge is 2.51. The van der Waals surface area contributed by atoms with Gasteiger partial charge in [-0.3, -0.25) is 0 Å². The quantitative estimate of drug-likeness (QED) is 0.709. The van der Waals surface area contributed by atoms with Crippen molar-refractivity contribution in [2.24, 2.45) is 23.7 Å². The van der Waals surface area contributed by atoms with Gasteiger partial charge >= 0.3 is 0 Å². The largest absolute Gasteiger partial charge is 0.369 e. The van der Waals surface area contributed by atoms with Gasteiger partial charge in [0.2, 0.25) is 0 Å². The molecule has 2 rings (SSSR count). The van der Waals surface area contributed by atoms with Crippen LogP contribution in [0.5, 0.6) is 0 Å². The lowest BCUT2D eigenvalue weighted by molar-refractivity contribution is -0.279. The first-order chi connectivity index (χ1) is 10.8. The zero-order valence-corrected chi connectivity index (χ0v) is 16.5. The molecule has 9 atom stereocenters. The molecule has 0 N–H and O–H groups in total. The van der Waals surface area contributed by atoms with E-state index in [1.807, 2.05) is 0 Å². The Bertz CT molecular complexity index is 383. The molecule has 0 aromatic heterocycles. The summed E-state index contributed by atoms with van der Waals surface area (Å²) >= 11 is 0. The maximum atomic E-state index is 6.62. The molecule has 23 heavy (non-hydrogen) atoms. The van der Waals surface area contributed by atoms with Crippen LogP contribution in [0.25, 0.3) is 0 Å². The predicted molar refractivity (Wildman–Crippen MR) is 94.3 cm³/mol. The van der Waals surface area contributed by atoms with Gasteiger partial charge < -0.3 is 14.2 Å². The summed E-state index contributed by atoms with van der Waals surface area (Å²) in [7, 11) is 0. The zero-order chi connectivity index (χ0) is 17.4. The Morgan fingerprint density at radius 3 is 1.96 bits per heavy atom. The summed E-state index contributed by atoms with van der Waals surface area (Å²) in [4.78, 5) is 0. The molecular formula is C20H38O3. The third kappa shape index (κ3) is 3.48. The second-order valence-corrected chi connectivity index (χ2v) is 8.18. The van der Waals surface area contributed by atoms with Crippen molar-refractivity contribution in [2.45, 2.75) is 105 Å². The van der Waals surface area contributed by atoms with E-state index in [0.717, 1.165) is 19.3 Å². The molecule has 0 aromatic rings. The van der Waals surface area contributed by atoms with Crippen molar-refractivity contribution >= 4 is 0 Å². The smallest absolute Gasteiger partial charge is 0.161 e. The Morgan fingerprint density at radius 1 is 0.826 bits per heavy atom. The average Bonchev–Trinajstić information content (AvgIpc) is 2.79. The molecule has 136 valence electrons. The summed E-state index contributed by atoms with van der Waals surface area (Å²) in [6.07, 6.45) is 3.68. The van der Waals surface area contributed by atoms with Crippen molar-refractivity contribution < 1.29 is 14.2 Å². The van der Waals surface area contributed by atoms with E-state index < -0.39 is 0 Å². The second kappa shape index (κ2) is 7.41. The minimum atomic E-state index is -0.197. The molecule has 3 heteroatoms. The fraction of sp³-hybridized carbons (Fsp3) is 1.00. The van der Waals surface area contributed by atoms with E-state index in [2.05, 4.69) is 55.4 Å². The van der Waals surface area contributed by atoms with Crippen LogP contribution in [-0.2, 0) is 14.2 Å². The van der Waals surface area contributed by atoms with Crippen molar-refractivity contribution in [1.29, 1.82) is 0 Å². The van der Waals surface area contributed by atoms with Crippen molar-refractivity contribution in [3.8, 4) is 0 Å². The first kappa shape index (κ1) is 19.2. The van der Waals surface area contributed by atoms with Crippen LogP contribution in [0.4, 0.5) is 0 Å². The van der Waals surface area contributed by atoms with E-state index in [-0.39, 0.29) is 18.0 Å². The lowest BCUT2D eigenvalue weighted by Gasteiger charge is -2.45. The normalized spacial score (nSPS) is 51.1. The van der Waals surface area contributed by atoms with Crippen molar-refractivity contribution in [3.63, 3.8) is 0 Å². The highest BCUT2D eigenvalue weighted by molar-refractivity contribution is 4.98. The molecule has 0 aliphatic carbocycles. The minimum Gasteiger partial charge on any atom is -0.369 e. The molecule has 5 unspecified atom stereocenters. The second-order valence-electron chi connectivity index (χ2n) is 8.18. The number of hydrogen-bond donors (Lipinski definition) is 0. The maximum absolute atomic E-state index is 6.62. The average molecular weight is 327 g/mol. The van der Waals surface area contributed by atoms with Crippen LogP contribution in [0.15, 0.2) is 0 Å². The van der Waals surface area contributed by atoms with Crippen molar-refractivity contribution in [3.05, 3.63) is 0 Å². The standard InChI is InChI=1S/C20H38O3/c1-9-16-13(5)12(4)14(6)19(21-16)22-18-15(7)17(10-2)23-20(18,8)11-3/h12-19H,9-11H2,1-8H3/t12-,13?,14?,15?,16+,17-,18+,19?,20?/m0/s1. The van der Waals surface area contributed by atoms with Crippen LogP contribution < -0.4 is 0 Å². The van der Waals surface area contributed by atoms with E-state index in [1.54, 1.807) is 0 Å². The lowest BCUT2D eigenvalue weighted by atomic mass is 9.78. The van der Waals surface area contributed by atoms with Gasteiger partial charge in [0.25, 0.3) is 0 Å². The summed E-state index contributed by atoms with van der Waals surface area (Å²) in [5.74, 6) is 2.04. The minimum absolute atomic E-state index is 0.108. The summed E-state index contributed by atoms with van der Waals surface area (Å²) in [5, 5.41) is 0. The first-order valence-corrected chi connectivity index (χ1v) is 9.77. The monoisotopic (exact) mass is 326 g/mol. The summed E-state index contributed by atoms with van der Waals surface area (Å²) in [6, 6.07) is 0. The molecule has 2 saturated heterocycles. The molecule has 0 spiro atoms. The predicted octanol–water partition coefficient (Wildman–Crippen LogP) is 5.03. The van der Waals surface area contributed by atoms with Crippen LogP contribution in [0.2, 0.25) is 0 Å². The first-order valence-electron chi connectivity index (χ1n) is 9.77. The molecule has 0 amide bonds. The molecule has 2 aliphatic heterocycles. The third-order valence-electron chi connectivity index (χ3n) is 6.86.